The largest absolute Gasteiger partial charge is 0.347 e. The van der Waals surface area contributed by atoms with E-state index in [1.807, 2.05) is 18.2 Å². The second-order valence-corrected chi connectivity index (χ2v) is 8.62. The highest BCUT2D eigenvalue weighted by Crippen LogP contribution is 2.50. The van der Waals surface area contributed by atoms with Crippen LogP contribution in [-0.2, 0) is 0 Å². The lowest BCUT2D eigenvalue weighted by Gasteiger charge is -2.38. The predicted octanol–water partition coefficient (Wildman–Crippen LogP) is 6.50. The Bertz CT molecular complexity index is 1120. The fourth-order valence-electron chi connectivity index (χ4n) is 5.31. The van der Waals surface area contributed by atoms with E-state index in [9.17, 15) is 1.37 Å². The molecule has 3 aromatic carbocycles. The number of nitrogens with zero attached hydrogens (tertiary/aromatic N) is 2. The van der Waals surface area contributed by atoms with Crippen LogP contribution in [0.25, 0.3) is 0 Å². The molecule has 1 fully saturated rings. The third-order valence-corrected chi connectivity index (χ3v) is 6.77. The number of rotatable bonds is 3. The van der Waals surface area contributed by atoms with Crippen LogP contribution in [0.1, 0.15) is 48.3 Å². The van der Waals surface area contributed by atoms with Crippen LogP contribution >= 0.6 is 0 Å². The van der Waals surface area contributed by atoms with E-state index in [0.717, 1.165) is 5.56 Å². The number of hydrogen-bond donors (Lipinski definition) is 0. The van der Waals surface area contributed by atoms with Crippen molar-refractivity contribution in [2.75, 3.05) is 4.90 Å². The van der Waals surface area contributed by atoms with Crippen molar-refractivity contribution in [1.82, 2.24) is 4.90 Å². The summed E-state index contributed by atoms with van der Waals surface area (Å²) >= 11 is 0. The van der Waals surface area contributed by atoms with Crippen LogP contribution in [0.2, 0.25) is 0 Å². The molecule has 2 heterocycles. The van der Waals surface area contributed by atoms with Gasteiger partial charge in [-0.1, -0.05) is 78.9 Å². The number of fused-ring (bicyclic) bond motifs is 1. The van der Waals surface area contributed by atoms with Gasteiger partial charge in [-0.3, -0.25) is 4.90 Å². The molecule has 30 heavy (non-hydrogen) atoms. The summed E-state index contributed by atoms with van der Waals surface area (Å²) in [5.74, 6) is 0. The lowest BCUT2D eigenvalue weighted by Crippen LogP contribution is -2.35. The lowest BCUT2D eigenvalue weighted by molar-refractivity contribution is 0.195. The third-order valence-electron chi connectivity index (χ3n) is 6.77. The van der Waals surface area contributed by atoms with Crippen molar-refractivity contribution >= 4 is 5.69 Å². The maximum absolute atomic E-state index is 9.68. The van der Waals surface area contributed by atoms with E-state index in [1.54, 1.807) is 0 Å². The second-order valence-electron chi connectivity index (χ2n) is 8.62. The topological polar surface area (TPSA) is 6.48 Å². The Morgan fingerprint density at radius 1 is 0.733 bits per heavy atom. The molecule has 2 aliphatic rings. The quantitative estimate of drug-likeness (QED) is 0.467. The van der Waals surface area contributed by atoms with Gasteiger partial charge in [-0.15, -0.1) is 0 Å². The SMILES string of the molecule is [2H]C1(c2ccccc2)C=CC2[C@H](C)N(c3ccccc3C)C(c3c(C)cccc3C)N21. The molecule has 5 rings (SSSR count). The molecule has 2 heteroatoms. The summed E-state index contributed by atoms with van der Waals surface area (Å²) in [7, 11) is 0. The normalized spacial score (nSPS) is 28.6. The molecule has 1 saturated heterocycles. The van der Waals surface area contributed by atoms with E-state index in [2.05, 4.69) is 104 Å². The predicted molar refractivity (Wildman–Crippen MR) is 126 cm³/mol. The molecular formula is C28H30N2. The molecular weight excluding hydrogens is 364 g/mol. The van der Waals surface area contributed by atoms with Gasteiger partial charge >= 0.3 is 0 Å². The summed E-state index contributed by atoms with van der Waals surface area (Å²) in [5, 5.41) is 0. The fraction of sp³-hybridized carbons (Fsp3) is 0.286. The third kappa shape index (κ3) is 2.90. The second kappa shape index (κ2) is 7.45. The number of anilines is 1. The van der Waals surface area contributed by atoms with E-state index in [0.29, 0.717) is 0 Å². The number of benzene rings is 3. The van der Waals surface area contributed by atoms with E-state index in [4.69, 9.17) is 0 Å². The Balaban J connectivity index is 1.75. The van der Waals surface area contributed by atoms with Gasteiger partial charge in [0, 0.05) is 11.7 Å². The molecule has 0 aliphatic carbocycles. The molecule has 0 aromatic heterocycles. The maximum Gasteiger partial charge on any atom is 0.110 e. The zero-order chi connectivity index (χ0) is 21.8. The van der Waals surface area contributed by atoms with Gasteiger partial charge in [-0.25, -0.2) is 0 Å². The van der Waals surface area contributed by atoms with E-state index >= 15 is 0 Å². The molecule has 3 aromatic rings. The molecule has 3 unspecified atom stereocenters. The van der Waals surface area contributed by atoms with Gasteiger partial charge in [-0.2, -0.15) is 0 Å². The van der Waals surface area contributed by atoms with Gasteiger partial charge in [0.25, 0.3) is 0 Å². The van der Waals surface area contributed by atoms with Crippen LogP contribution in [0.4, 0.5) is 5.69 Å². The van der Waals surface area contributed by atoms with Gasteiger partial charge in [-0.05, 0) is 61.6 Å². The van der Waals surface area contributed by atoms with Gasteiger partial charge in [0.05, 0.1) is 13.4 Å². The Hall–Kier alpha value is -2.84. The van der Waals surface area contributed by atoms with Crippen molar-refractivity contribution in [2.24, 2.45) is 0 Å². The lowest BCUT2D eigenvalue weighted by atomic mass is 9.97. The van der Waals surface area contributed by atoms with Crippen LogP contribution in [0.15, 0.2) is 84.9 Å². The van der Waals surface area contributed by atoms with Crippen molar-refractivity contribution < 1.29 is 1.37 Å². The van der Waals surface area contributed by atoms with Crippen molar-refractivity contribution in [3.63, 3.8) is 0 Å². The summed E-state index contributed by atoms with van der Waals surface area (Å²) in [6, 6.07) is 25.0. The average molecular weight is 396 g/mol. The molecule has 4 atom stereocenters. The van der Waals surface area contributed by atoms with Crippen LogP contribution in [0.5, 0.6) is 0 Å². The molecule has 0 bridgehead atoms. The Morgan fingerprint density at radius 3 is 2.07 bits per heavy atom. The van der Waals surface area contributed by atoms with Gasteiger partial charge in [0.2, 0.25) is 0 Å². The highest BCUT2D eigenvalue weighted by molar-refractivity contribution is 5.59. The molecule has 0 saturated carbocycles. The Morgan fingerprint density at radius 2 is 1.37 bits per heavy atom. The minimum absolute atomic E-state index is 0.0185. The summed E-state index contributed by atoms with van der Waals surface area (Å²) in [6.07, 6.45) is 4.33. The van der Waals surface area contributed by atoms with Crippen LogP contribution in [0, 0.1) is 20.8 Å². The van der Waals surface area contributed by atoms with Gasteiger partial charge in [0.1, 0.15) is 6.17 Å². The van der Waals surface area contributed by atoms with Crippen LogP contribution < -0.4 is 4.90 Å². The van der Waals surface area contributed by atoms with E-state index in [-0.39, 0.29) is 18.2 Å². The highest BCUT2D eigenvalue weighted by atomic mass is 15.5. The average Bonchev–Trinajstić information content (AvgIpc) is 3.26. The first-order chi connectivity index (χ1) is 14.9. The zero-order valence-electron chi connectivity index (χ0n) is 19.2. The van der Waals surface area contributed by atoms with E-state index < -0.39 is 6.02 Å². The molecule has 0 radical (unpaired) electrons. The van der Waals surface area contributed by atoms with Crippen LogP contribution in [-0.4, -0.2) is 17.0 Å². The number of para-hydroxylation sites is 1. The monoisotopic (exact) mass is 395 g/mol. The number of hydrogen-bond acceptors (Lipinski definition) is 2. The maximum atomic E-state index is 9.68. The first kappa shape index (κ1) is 18.0. The first-order valence-electron chi connectivity index (χ1n) is 11.4. The number of aryl methyl sites for hydroxylation is 3. The summed E-state index contributed by atoms with van der Waals surface area (Å²) in [5.41, 5.74) is 7.41. The van der Waals surface area contributed by atoms with Crippen molar-refractivity contribution in [1.29, 1.82) is 0 Å². The smallest absolute Gasteiger partial charge is 0.110 e. The standard InChI is InChI=1S/C28H30N2/c1-19-11-8-9-16-24(19)29-22(4)25-17-18-26(23-14-6-5-7-15-23)30(25)28(29)27-20(2)12-10-13-21(27)3/h5-18,22,25-26,28H,1-4H3/t22-,25?,26?,28?/m0/s1/i26D. The van der Waals surface area contributed by atoms with Gasteiger partial charge < -0.3 is 4.90 Å². The summed E-state index contributed by atoms with van der Waals surface area (Å²) in [6.45, 7) is 8.90. The molecule has 0 spiro atoms. The van der Waals surface area contributed by atoms with E-state index in [1.165, 1.54) is 27.9 Å². The van der Waals surface area contributed by atoms with Gasteiger partial charge in [0.15, 0.2) is 0 Å². The first-order valence-corrected chi connectivity index (χ1v) is 10.9. The Kier molecular flexibility index (Phi) is 4.46. The zero-order valence-corrected chi connectivity index (χ0v) is 18.2. The highest BCUT2D eigenvalue weighted by Gasteiger charge is 2.50. The van der Waals surface area contributed by atoms with Crippen molar-refractivity contribution in [2.45, 2.75) is 52.0 Å². The minimum Gasteiger partial charge on any atom is -0.347 e. The summed E-state index contributed by atoms with van der Waals surface area (Å²) < 4.78 is 9.68. The molecule has 0 amide bonds. The molecule has 152 valence electrons. The molecule has 0 N–H and O–H groups in total. The Labute approximate surface area is 181 Å². The fourth-order valence-corrected chi connectivity index (χ4v) is 5.31. The summed E-state index contributed by atoms with van der Waals surface area (Å²) in [4.78, 5) is 4.96. The minimum atomic E-state index is -0.906. The van der Waals surface area contributed by atoms with Crippen LogP contribution in [0.3, 0.4) is 0 Å². The molecule has 2 aliphatic heterocycles. The van der Waals surface area contributed by atoms with Crippen molar-refractivity contribution in [3.05, 3.63) is 113 Å². The molecule has 2 nitrogen and oxygen atoms in total. The van der Waals surface area contributed by atoms with Crippen molar-refractivity contribution in [3.8, 4) is 0 Å².